The Morgan fingerprint density at radius 3 is 2.88 bits per heavy atom. The van der Waals surface area contributed by atoms with Crippen molar-refractivity contribution in [2.75, 3.05) is 5.32 Å². The van der Waals surface area contributed by atoms with E-state index in [0.717, 1.165) is 22.1 Å². The van der Waals surface area contributed by atoms with Crippen LogP contribution in [0.4, 0.5) is 9.52 Å². The molecule has 1 unspecified atom stereocenters. The van der Waals surface area contributed by atoms with Crippen LogP contribution in [0.5, 0.6) is 0 Å². The highest BCUT2D eigenvalue weighted by atomic mass is 32.1. The summed E-state index contributed by atoms with van der Waals surface area (Å²) in [5.74, 6) is -0.220. The first kappa shape index (κ1) is 12.0. The molecule has 3 nitrogen and oxygen atoms in total. The summed E-state index contributed by atoms with van der Waals surface area (Å²) >= 11 is 1.53. The predicted octanol–water partition coefficient (Wildman–Crippen LogP) is 3.41. The molecule has 0 aliphatic rings. The van der Waals surface area contributed by atoms with E-state index in [1.165, 1.54) is 23.5 Å². The number of nitrogens with zero attached hydrogens (tertiary/aromatic N) is 2. The van der Waals surface area contributed by atoms with E-state index in [0.29, 0.717) is 0 Å². The summed E-state index contributed by atoms with van der Waals surface area (Å²) in [7, 11) is 0. The van der Waals surface area contributed by atoms with Gasteiger partial charge in [0.15, 0.2) is 0 Å². The Hall–Kier alpha value is -1.49. The molecule has 0 fully saturated rings. The molecule has 0 saturated carbocycles. The van der Waals surface area contributed by atoms with E-state index in [4.69, 9.17) is 0 Å². The molecule has 0 radical (unpaired) electrons. The van der Waals surface area contributed by atoms with Gasteiger partial charge in [-0.15, -0.1) is 10.2 Å². The van der Waals surface area contributed by atoms with E-state index >= 15 is 0 Å². The summed E-state index contributed by atoms with van der Waals surface area (Å²) in [6.45, 7) is 4.02. The van der Waals surface area contributed by atoms with E-state index in [-0.39, 0.29) is 11.9 Å². The van der Waals surface area contributed by atoms with E-state index < -0.39 is 0 Å². The van der Waals surface area contributed by atoms with Crippen molar-refractivity contribution in [1.29, 1.82) is 0 Å². The van der Waals surface area contributed by atoms with Crippen molar-refractivity contribution in [1.82, 2.24) is 10.2 Å². The van der Waals surface area contributed by atoms with Crippen molar-refractivity contribution in [2.45, 2.75) is 26.3 Å². The first-order valence-corrected chi connectivity index (χ1v) is 6.35. The lowest BCUT2D eigenvalue weighted by molar-refractivity contribution is 0.623. The Morgan fingerprint density at radius 1 is 1.41 bits per heavy atom. The summed E-state index contributed by atoms with van der Waals surface area (Å²) in [4.78, 5) is 0. The van der Waals surface area contributed by atoms with Crippen LogP contribution in [0.25, 0.3) is 0 Å². The molecular weight excluding hydrogens is 237 g/mol. The van der Waals surface area contributed by atoms with E-state index in [9.17, 15) is 4.39 Å². The van der Waals surface area contributed by atoms with Gasteiger partial charge in [-0.05, 0) is 31.0 Å². The molecule has 2 rings (SSSR count). The Kier molecular flexibility index (Phi) is 3.68. The van der Waals surface area contributed by atoms with Gasteiger partial charge in [-0.25, -0.2) is 4.39 Å². The maximum absolute atomic E-state index is 13.1. The number of rotatable bonds is 4. The first-order chi connectivity index (χ1) is 8.19. The van der Waals surface area contributed by atoms with Crippen LogP contribution < -0.4 is 5.32 Å². The van der Waals surface area contributed by atoms with Gasteiger partial charge in [0.25, 0.3) is 0 Å². The topological polar surface area (TPSA) is 37.8 Å². The fraction of sp³-hybridized carbons (Fsp3) is 0.333. The number of aryl methyl sites for hydroxylation is 1. The number of anilines is 1. The second-order valence-corrected chi connectivity index (χ2v) is 4.84. The quantitative estimate of drug-likeness (QED) is 0.904. The molecule has 0 spiro atoms. The molecule has 1 N–H and O–H groups in total. The van der Waals surface area contributed by atoms with Gasteiger partial charge in [0.2, 0.25) is 5.13 Å². The van der Waals surface area contributed by atoms with Crippen molar-refractivity contribution >= 4 is 16.5 Å². The number of aromatic nitrogens is 2. The SMILES string of the molecule is CCc1nnc(NC(C)c2cccc(F)c2)s1. The van der Waals surface area contributed by atoms with Gasteiger partial charge in [0.1, 0.15) is 10.8 Å². The number of benzene rings is 1. The second-order valence-electron chi connectivity index (χ2n) is 3.78. The third-order valence-electron chi connectivity index (χ3n) is 2.46. The standard InChI is InChI=1S/C12H14FN3S/c1-3-11-15-16-12(17-11)14-8(2)9-5-4-6-10(13)7-9/h4-8H,3H2,1-2H3,(H,14,16). The molecule has 5 heteroatoms. The Balaban J connectivity index is 2.08. The van der Waals surface area contributed by atoms with Gasteiger partial charge >= 0.3 is 0 Å². The van der Waals surface area contributed by atoms with Crippen LogP contribution in [0.1, 0.15) is 30.5 Å². The monoisotopic (exact) mass is 251 g/mol. The number of hydrogen-bond acceptors (Lipinski definition) is 4. The summed E-state index contributed by atoms with van der Waals surface area (Å²) in [5.41, 5.74) is 0.901. The van der Waals surface area contributed by atoms with Gasteiger partial charge in [0, 0.05) is 0 Å². The van der Waals surface area contributed by atoms with Crippen LogP contribution in [0.2, 0.25) is 0 Å². The minimum absolute atomic E-state index is 0.0170. The molecule has 1 aromatic carbocycles. The zero-order valence-electron chi connectivity index (χ0n) is 9.77. The van der Waals surface area contributed by atoms with Crippen LogP contribution >= 0.6 is 11.3 Å². The van der Waals surface area contributed by atoms with Crippen molar-refractivity contribution in [3.63, 3.8) is 0 Å². The molecule has 17 heavy (non-hydrogen) atoms. The second kappa shape index (κ2) is 5.23. The van der Waals surface area contributed by atoms with Gasteiger partial charge in [-0.2, -0.15) is 0 Å². The third kappa shape index (κ3) is 3.00. The van der Waals surface area contributed by atoms with Crippen molar-refractivity contribution in [3.05, 3.63) is 40.7 Å². The molecule has 90 valence electrons. The van der Waals surface area contributed by atoms with Gasteiger partial charge in [-0.1, -0.05) is 30.4 Å². The van der Waals surface area contributed by atoms with Crippen LogP contribution in [0, 0.1) is 5.82 Å². The third-order valence-corrected chi connectivity index (χ3v) is 3.46. The smallest absolute Gasteiger partial charge is 0.206 e. The van der Waals surface area contributed by atoms with Gasteiger partial charge in [0.05, 0.1) is 6.04 Å². The first-order valence-electron chi connectivity index (χ1n) is 5.53. The van der Waals surface area contributed by atoms with Crippen LogP contribution in [0.15, 0.2) is 24.3 Å². The lowest BCUT2D eigenvalue weighted by Crippen LogP contribution is -2.06. The molecule has 1 heterocycles. The van der Waals surface area contributed by atoms with Crippen molar-refractivity contribution in [3.8, 4) is 0 Å². The molecular formula is C12H14FN3S. The largest absolute Gasteiger partial charge is 0.354 e. The van der Waals surface area contributed by atoms with Crippen molar-refractivity contribution < 1.29 is 4.39 Å². The zero-order valence-corrected chi connectivity index (χ0v) is 10.6. The van der Waals surface area contributed by atoms with Crippen LogP contribution in [-0.2, 0) is 6.42 Å². The average Bonchev–Trinajstić information content (AvgIpc) is 2.77. The average molecular weight is 251 g/mol. The fourth-order valence-corrected chi connectivity index (χ4v) is 2.27. The summed E-state index contributed by atoms with van der Waals surface area (Å²) in [5, 5.41) is 13.1. The fourth-order valence-electron chi connectivity index (χ4n) is 1.50. The van der Waals surface area contributed by atoms with E-state index in [1.807, 2.05) is 19.9 Å². The predicted molar refractivity (Wildman–Crippen MR) is 67.7 cm³/mol. The highest BCUT2D eigenvalue weighted by Crippen LogP contribution is 2.22. The Bertz CT molecular complexity index is 498. The molecule has 0 aliphatic heterocycles. The maximum atomic E-state index is 13.1. The molecule has 0 saturated heterocycles. The number of hydrogen-bond donors (Lipinski definition) is 1. The summed E-state index contributed by atoms with van der Waals surface area (Å²) < 4.78 is 13.1. The summed E-state index contributed by atoms with van der Waals surface area (Å²) in [6, 6.07) is 6.59. The van der Waals surface area contributed by atoms with Gasteiger partial charge < -0.3 is 5.32 Å². The maximum Gasteiger partial charge on any atom is 0.206 e. The molecule has 0 amide bonds. The van der Waals surface area contributed by atoms with Crippen molar-refractivity contribution in [2.24, 2.45) is 0 Å². The highest BCUT2D eigenvalue weighted by Gasteiger charge is 2.09. The highest BCUT2D eigenvalue weighted by molar-refractivity contribution is 7.15. The van der Waals surface area contributed by atoms with Crippen LogP contribution in [-0.4, -0.2) is 10.2 Å². The van der Waals surface area contributed by atoms with Gasteiger partial charge in [-0.3, -0.25) is 0 Å². The Labute approximate surface area is 104 Å². The molecule has 0 bridgehead atoms. The lowest BCUT2D eigenvalue weighted by Gasteiger charge is -2.12. The number of halogens is 1. The lowest BCUT2D eigenvalue weighted by atomic mass is 10.1. The Morgan fingerprint density at radius 2 is 2.24 bits per heavy atom. The van der Waals surface area contributed by atoms with Crippen LogP contribution in [0.3, 0.4) is 0 Å². The molecule has 0 aliphatic carbocycles. The summed E-state index contributed by atoms with van der Waals surface area (Å²) in [6.07, 6.45) is 0.883. The zero-order chi connectivity index (χ0) is 12.3. The molecule has 1 atom stereocenters. The van der Waals surface area contributed by atoms with E-state index in [2.05, 4.69) is 15.5 Å². The molecule has 2 aromatic rings. The minimum atomic E-state index is -0.220. The number of nitrogens with one attached hydrogen (secondary N) is 1. The van der Waals surface area contributed by atoms with E-state index in [1.54, 1.807) is 6.07 Å². The molecule has 1 aromatic heterocycles. The normalized spacial score (nSPS) is 12.4. The minimum Gasteiger partial charge on any atom is -0.354 e.